The van der Waals surface area contributed by atoms with E-state index in [4.69, 9.17) is 0 Å². The third kappa shape index (κ3) is 2.67. The van der Waals surface area contributed by atoms with E-state index in [1.54, 1.807) is 4.57 Å². The van der Waals surface area contributed by atoms with E-state index >= 15 is 0 Å². The van der Waals surface area contributed by atoms with Crippen LogP contribution in [-0.2, 0) is 0 Å². The van der Waals surface area contributed by atoms with Gasteiger partial charge in [-0.2, -0.15) is 0 Å². The third-order valence-corrected chi connectivity index (χ3v) is 5.09. The third-order valence-electron chi connectivity index (χ3n) is 5.09. The van der Waals surface area contributed by atoms with Crippen molar-refractivity contribution in [2.75, 3.05) is 18.0 Å². The number of hydrogen-bond donors (Lipinski definition) is 1. The summed E-state index contributed by atoms with van der Waals surface area (Å²) in [4.78, 5) is 30.2. The number of carboxylic acids is 1. The number of aromatic carboxylic acids is 1. The SMILES string of the molecule is CC1(C)CCN(c2nc3c(cc2F)c(=O)c(C(=O)O)cn3C2CC2)C1. The Balaban J connectivity index is 1.93. The number of pyridine rings is 2. The van der Waals surface area contributed by atoms with Crippen LogP contribution in [0.3, 0.4) is 0 Å². The fourth-order valence-corrected chi connectivity index (χ4v) is 3.54. The van der Waals surface area contributed by atoms with Crippen LogP contribution in [-0.4, -0.2) is 33.7 Å². The lowest BCUT2D eigenvalue weighted by molar-refractivity contribution is 0.0695. The first-order valence-electron chi connectivity index (χ1n) is 8.50. The van der Waals surface area contributed by atoms with Crippen LogP contribution in [0.15, 0.2) is 17.1 Å². The zero-order valence-electron chi connectivity index (χ0n) is 14.3. The number of anilines is 1. The molecule has 0 radical (unpaired) electrons. The van der Waals surface area contributed by atoms with E-state index < -0.39 is 17.2 Å². The number of aromatic nitrogens is 2. The van der Waals surface area contributed by atoms with Gasteiger partial charge in [0.1, 0.15) is 11.2 Å². The summed E-state index contributed by atoms with van der Waals surface area (Å²) >= 11 is 0. The second kappa shape index (κ2) is 5.28. The molecule has 1 aliphatic carbocycles. The molecule has 0 amide bonds. The molecule has 25 heavy (non-hydrogen) atoms. The molecule has 132 valence electrons. The lowest BCUT2D eigenvalue weighted by Gasteiger charge is -2.22. The summed E-state index contributed by atoms with van der Waals surface area (Å²) in [6, 6.07) is 1.28. The van der Waals surface area contributed by atoms with Gasteiger partial charge >= 0.3 is 5.97 Å². The van der Waals surface area contributed by atoms with Gasteiger partial charge in [-0.1, -0.05) is 13.8 Å². The highest BCUT2D eigenvalue weighted by atomic mass is 19.1. The lowest BCUT2D eigenvalue weighted by Crippen LogP contribution is -2.26. The van der Waals surface area contributed by atoms with Gasteiger partial charge in [-0.25, -0.2) is 14.2 Å². The Labute approximate surface area is 143 Å². The van der Waals surface area contributed by atoms with Crippen LogP contribution in [0.1, 0.15) is 49.5 Å². The average Bonchev–Trinajstić information content (AvgIpc) is 3.31. The molecular formula is C18H20FN3O3. The maximum absolute atomic E-state index is 14.7. The van der Waals surface area contributed by atoms with Gasteiger partial charge in [0.25, 0.3) is 0 Å². The number of halogens is 1. The summed E-state index contributed by atoms with van der Waals surface area (Å²) in [6.07, 6.45) is 4.11. The molecule has 1 N–H and O–H groups in total. The smallest absolute Gasteiger partial charge is 0.341 e. The van der Waals surface area contributed by atoms with Crippen LogP contribution in [0.25, 0.3) is 11.0 Å². The minimum atomic E-state index is -1.30. The molecule has 6 nitrogen and oxygen atoms in total. The van der Waals surface area contributed by atoms with Crippen molar-refractivity contribution in [3.8, 4) is 0 Å². The summed E-state index contributed by atoms with van der Waals surface area (Å²) < 4.78 is 16.4. The number of hydrogen-bond acceptors (Lipinski definition) is 4. The van der Waals surface area contributed by atoms with Crippen molar-refractivity contribution in [1.29, 1.82) is 0 Å². The Morgan fingerprint density at radius 2 is 2.12 bits per heavy atom. The van der Waals surface area contributed by atoms with Gasteiger partial charge in [0.15, 0.2) is 11.6 Å². The quantitative estimate of drug-likeness (QED) is 0.926. The van der Waals surface area contributed by atoms with E-state index in [2.05, 4.69) is 18.8 Å². The largest absolute Gasteiger partial charge is 0.477 e. The van der Waals surface area contributed by atoms with Crippen LogP contribution in [0.4, 0.5) is 10.2 Å². The molecule has 4 rings (SSSR count). The highest BCUT2D eigenvalue weighted by Gasteiger charge is 2.33. The van der Waals surface area contributed by atoms with E-state index in [1.165, 1.54) is 6.20 Å². The van der Waals surface area contributed by atoms with Crippen molar-refractivity contribution in [2.45, 2.75) is 39.2 Å². The molecule has 1 saturated carbocycles. The van der Waals surface area contributed by atoms with E-state index in [-0.39, 0.29) is 28.2 Å². The Hall–Kier alpha value is -2.44. The lowest BCUT2D eigenvalue weighted by atomic mass is 9.93. The van der Waals surface area contributed by atoms with Crippen molar-refractivity contribution in [3.05, 3.63) is 33.9 Å². The van der Waals surface area contributed by atoms with Crippen molar-refractivity contribution in [1.82, 2.24) is 9.55 Å². The van der Waals surface area contributed by atoms with Crippen molar-refractivity contribution < 1.29 is 14.3 Å². The van der Waals surface area contributed by atoms with Crippen LogP contribution in [0, 0.1) is 11.2 Å². The van der Waals surface area contributed by atoms with Gasteiger partial charge in [-0.05, 0) is 30.7 Å². The highest BCUT2D eigenvalue weighted by Crippen LogP contribution is 2.38. The maximum Gasteiger partial charge on any atom is 0.341 e. The molecule has 2 fully saturated rings. The second-order valence-corrected chi connectivity index (χ2v) is 7.82. The van der Waals surface area contributed by atoms with Crippen molar-refractivity contribution in [2.24, 2.45) is 5.41 Å². The molecule has 0 unspecified atom stereocenters. The number of nitrogens with zero attached hydrogens (tertiary/aromatic N) is 3. The molecule has 7 heteroatoms. The normalized spacial score (nSPS) is 19.6. The van der Waals surface area contributed by atoms with E-state index in [1.807, 2.05) is 4.90 Å². The molecule has 0 atom stereocenters. The van der Waals surface area contributed by atoms with Crippen LogP contribution in [0.2, 0.25) is 0 Å². The predicted octanol–water partition coefficient (Wildman–Crippen LogP) is 2.81. The molecule has 0 bridgehead atoms. The molecule has 1 aliphatic heterocycles. The maximum atomic E-state index is 14.7. The van der Waals surface area contributed by atoms with E-state index in [9.17, 15) is 19.1 Å². The van der Waals surface area contributed by atoms with Crippen LogP contribution >= 0.6 is 0 Å². The van der Waals surface area contributed by atoms with Gasteiger partial charge in [0.05, 0.1) is 5.39 Å². The first-order chi connectivity index (χ1) is 11.8. The van der Waals surface area contributed by atoms with Gasteiger partial charge < -0.3 is 14.6 Å². The summed E-state index contributed by atoms with van der Waals surface area (Å²) in [5.41, 5.74) is -0.555. The second-order valence-electron chi connectivity index (χ2n) is 7.82. The zero-order chi connectivity index (χ0) is 17.9. The highest BCUT2D eigenvalue weighted by molar-refractivity contribution is 5.92. The molecule has 2 aromatic rings. The standard InChI is InChI=1S/C18H20FN3O3/c1-18(2)5-6-21(9-18)16-13(19)7-11-14(23)12(17(24)25)8-22(10-3-4-10)15(11)20-16/h7-8,10H,3-6,9H2,1-2H3,(H,24,25). The van der Waals surface area contributed by atoms with Crippen LogP contribution < -0.4 is 10.3 Å². The first kappa shape index (κ1) is 16.1. The van der Waals surface area contributed by atoms with E-state index in [0.717, 1.165) is 25.3 Å². The van der Waals surface area contributed by atoms with Crippen molar-refractivity contribution >= 4 is 22.8 Å². The molecule has 0 spiro atoms. The summed E-state index contributed by atoms with van der Waals surface area (Å²) in [6.45, 7) is 5.67. The monoisotopic (exact) mass is 345 g/mol. The molecular weight excluding hydrogens is 325 g/mol. The number of rotatable bonds is 3. The molecule has 3 heterocycles. The number of fused-ring (bicyclic) bond motifs is 1. The Kier molecular flexibility index (Phi) is 3.39. The minimum absolute atomic E-state index is 0.0338. The topological polar surface area (TPSA) is 75.4 Å². The Morgan fingerprint density at radius 3 is 2.68 bits per heavy atom. The van der Waals surface area contributed by atoms with Crippen molar-refractivity contribution in [3.63, 3.8) is 0 Å². The Morgan fingerprint density at radius 1 is 1.40 bits per heavy atom. The fourth-order valence-electron chi connectivity index (χ4n) is 3.54. The summed E-state index contributed by atoms with van der Waals surface area (Å²) in [5.74, 6) is -1.63. The average molecular weight is 345 g/mol. The number of carboxylic acid groups (broad SMARTS) is 1. The molecule has 2 aromatic heterocycles. The van der Waals surface area contributed by atoms with Gasteiger partial charge in [0.2, 0.25) is 5.43 Å². The Bertz CT molecular complexity index is 947. The first-order valence-corrected chi connectivity index (χ1v) is 8.50. The molecule has 2 aliphatic rings. The summed E-state index contributed by atoms with van der Waals surface area (Å²) in [7, 11) is 0. The van der Waals surface area contributed by atoms with Gasteiger partial charge in [0, 0.05) is 25.3 Å². The zero-order valence-corrected chi connectivity index (χ0v) is 14.3. The van der Waals surface area contributed by atoms with E-state index in [0.29, 0.717) is 18.7 Å². The van der Waals surface area contributed by atoms with Gasteiger partial charge in [-0.15, -0.1) is 0 Å². The van der Waals surface area contributed by atoms with Gasteiger partial charge in [-0.3, -0.25) is 4.79 Å². The minimum Gasteiger partial charge on any atom is -0.477 e. The summed E-state index contributed by atoms with van der Waals surface area (Å²) in [5, 5.41) is 9.30. The number of carbonyl (C=O) groups is 1. The fraction of sp³-hybridized carbons (Fsp3) is 0.500. The molecule has 0 aromatic carbocycles. The molecule has 1 saturated heterocycles. The van der Waals surface area contributed by atoms with Crippen LogP contribution in [0.5, 0.6) is 0 Å². The predicted molar refractivity (Wildman–Crippen MR) is 91.8 cm³/mol.